The van der Waals surface area contributed by atoms with Gasteiger partial charge in [0.2, 0.25) is 5.91 Å². The normalized spacial score (nSPS) is 21.2. The van der Waals surface area contributed by atoms with Crippen LogP contribution in [0.2, 0.25) is 0 Å². The van der Waals surface area contributed by atoms with Crippen LogP contribution in [0.5, 0.6) is 0 Å². The average molecular weight is 408 g/mol. The summed E-state index contributed by atoms with van der Waals surface area (Å²) < 4.78 is 5.49. The van der Waals surface area contributed by atoms with Crippen molar-refractivity contribution >= 4 is 23.3 Å². The van der Waals surface area contributed by atoms with Gasteiger partial charge in [-0.05, 0) is 57.0 Å². The van der Waals surface area contributed by atoms with Gasteiger partial charge in [0.15, 0.2) is 0 Å². The van der Waals surface area contributed by atoms with Gasteiger partial charge in [0, 0.05) is 37.6 Å². The molecule has 0 N–H and O–H groups in total. The molecule has 1 fully saturated rings. The maximum Gasteiger partial charge on any atom is 0.410 e. The minimum Gasteiger partial charge on any atom is -0.444 e. The number of ether oxygens (including phenoxy) is 1. The molecule has 156 valence electrons. The highest BCUT2D eigenvalue weighted by molar-refractivity contribution is 7.10. The second-order valence-corrected chi connectivity index (χ2v) is 9.66. The van der Waals surface area contributed by atoms with E-state index < -0.39 is 5.60 Å². The van der Waals surface area contributed by atoms with Crippen LogP contribution in [0.4, 0.5) is 4.79 Å². The Kier molecular flexibility index (Phi) is 6.65. The van der Waals surface area contributed by atoms with Gasteiger partial charge >= 0.3 is 6.09 Å². The van der Waals surface area contributed by atoms with E-state index in [0.29, 0.717) is 26.2 Å². The lowest BCUT2D eigenvalue weighted by Crippen LogP contribution is -2.45. The summed E-state index contributed by atoms with van der Waals surface area (Å²) in [6.45, 7) is 11.9. The van der Waals surface area contributed by atoms with Crippen LogP contribution in [-0.4, -0.2) is 71.6 Å². The van der Waals surface area contributed by atoms with Crippen LogP contribution in [0.15, 0.2) is 11.4 Å². The molecule has 1 aromatic heterocycles. The van der Waals surface area contributed by atoms with Gasteiger partial charge in [0.1, 0.15) is 5.60 Å². The standard InChI is InChI=1S/C21H33N3O3S/c1-5-17-16-8-14-28-18(16)7-11-24(17)19(25)15-22-9-6-10-23(13-12-22)20(26)27-21(2,3)4/h8,14,17H,5-7,9-13,15H2,1-4H3. The molecule has 1 saturated heterocycles. The smallest absolute Gasteiger partial charge is 0.410 e. The molecule has 0 aromatic carbocycles. The maximum atomic E-state index is 13.1. The van der Waals surface area contributed by atoms with E-state index in [1.807, 2.05) is 20.8 Å². The molecule has 2 aliphatic rings. The first-order chi connectivity index (χ1) is 13.3. The van der Waals surface area contributed by atoms with Gasteiger partial charge in [0.25, 0.3) is 0 Å². The van der Waals surface area contributed by atoms with Crippen LogP contribution in [0.1, 0.15) is 57.0 Å². The van der Waals surface area contributed by atoms with Crippen molar-refractivity contribution in [3.63, 3.8) is 0 Å². The van der Waals surface area contributed by atoms with Gasteiger partial charge in [-0.2, -0.15) is 0 Å². The lowest BCUT2D eigenvalue weighted by molar-refractivity contribution is -0.135. The molecule has 2 aliphatic heterocycles. The molecule has 1 aromatic rings. The van der Waals surface area contributed by atoms with E-state index in [2.05, 4.69) is 28.2 Å². The summed E-state index contributed by atoms with van der Waals surface area (Å²) in [5, 5.41) is 2.14. The Morgan fingerprint density at radius 2 is 1.96 bits per heavy atom. The first-order valence-electron chi connectivity index (χ1n) is 10.3. The first kappa shape index (κ1) is 21.1. The van der Waals surface area contributed by atoms with E-state index in [9.17, 15) is 9.59 Å². The van der Waals surface area contributed by atoms with E-state index in [1.54, 1.807) is 16.2 Å². The zero-order valence-electron chi connectivity index (χ0n) is 17.6. The lowest BCUT2D eigenvalue weighted by Gasteiger charge is -2.36. The Labute approximate surface area is 172 Å². The van der Waals surface area contributed by atoms with E-state index in [4.69, 9.17) is 4.74 Å². The van der Waals surface area contributed by atoms with E-state index in [-0.39, 0.29) is 18.0 Å². The summed E-state index contributed by atoms with van der Waals surface area (Å²) in [5.74, 6) is 0.203. The van der Waals surface area contributed by atoms with Crippen molar-refractivity contribution in [2.75, 3.05) is 39.3 Å². The SMILES string of the molecule is CCC1c2ccsc2CCN1C(=O)CN1CCCN(C(=O)OC(C)(C)C)CC1. The van der Waals surface area contributed by atoms with Crippen LogP contribution < -0.4 is 0 Å². The summed E-state index contributed by atoms with van der Waals surface area (Å²) in [4.78, 5) is 32.8. The fourth-order valence-electron chi connectivity index (χ4n) is 4.06. The number of thiophene rings is 1. The summed E-state index contributed by atoms with van der Waals surface area (Å²) >= 11 is 1.81. The fraction of sp³-hybridized carbons (Fsp3) is 0.714. The number of carbonyl (C=O) groups is 2. The molecular formula is C21H33N3O3S. The highest BCUT2D eigenvalue weighted by Gasteiger charge is 2.31. The molecule has 2 amide bonds. The molecule has 0 radical (unpaired) electrons. The van der Waals surface area contributed by atoms with Crippen molar-refractivity contribution in [1.82, 2.24) is 14.7 Å². The largest absolute Gasteiger partial charge is 0.444 e. The number of carbonyl (C=O) groups excluding carboxylic acids is 2. The lowest BCUT2D eigenvalue weighted by atomic mass is 9.97. The molecule has 3 rings (SSSR count). The molecule has 0 spiro atoms. The predicted octanol–water partition coefficient (Wildman–Crippen LogP) is 3.53. The van der Waals surface area contributed by atoms with Gasteiger partial charge in [0.05, 0.1) is 12.6 Å². The van der Waals surface area contributed by atoms with Crippen molar-refractivity contribution in [3.05, 3.63) is 21.9 Å². The van der Waals surface area contributed by atoms with Crippen molar-refractivity contribution in [2.24, 2.45) is 0 Å². The number of rotatable bonds is 3. The molecule has 1 unspecified atom stereocenters. The molecular weight excluding hydrogens is 374 g/mol. The number of fused-ring (bicyclic) bond motifs is 1. The Morgan fingerprint density at radius 3 is 2.68 bits per heavy atom. The van der Waals surface area contributed by atoms with Gasteiger partial charge in [-0.15, -0.1) is 11.3 Å². The van der Waals surface area contributed by atoms with Crippen LogP contribution >= 0.6 is 11.3 Å². The average Bonchev–Trinajstić information content (AvgIpc) is 2.98. The van der Waals surface area contributed by atoms with E-state index in [0.717, 1.165) is 32.4 Å². The summed E-state index contributed by atoms with van der Waals surface area (Å²) in [6, 6.07) is 2.38. The Hall–Kier alpha value is -1.60. The van der Waals surface area contributed by atoms with Crippen molar-refractivity contribution < 1.29 is 14.3 Å². The Balaban J connectivity index is 1.56. The van der Waals surface area contributed by atoms with Crippen LogP contribution in [0.25, 0.3) is 0 Å². The van der Waals surface area contributed by atoms with E-state index in [1.165, 1.54) is 10.4 Å². The topological polar surface area (TPSA) is 53.1 Å². The molecule has 0 saturated carbocycles. The summed E-state index contributed by atoms with van der Waals surface area (Å²) in [5.41, 5.74) is 0.849. The molecule has 6 nitrogen and oxygen atoms in total. The highest BCUT2D eigenvalue weighted by atomic mass is 32.1. The molecule has 0 bridgehead atoms. The first-order valence-corrected chi connectivity index (χ1v) is 11.2. The van der Waals surface area contributed by atoms with E-state index >= 15 is 0 Å². The second-order valence-electron chi connectivity index (χ2n) is 8.66. The van der Waals surface area contributed by atoms with Gasteiger partial charge in [-0.3, -0.25) is 9.69 Å². The zero-order chi connectivity index (χ0) is 20.3. The molecule has 28 heavy (non-hydrogen) atoms. The van der Waals surface area contributed by atoms with Crippen LogP contribution in [-0.2, 0) is 16.0 Å². The monoisotopic (exact) mass is 407 g/mol. The van der Waals surface area contributed by atoms with Crippen molar-refractivity contribution in [2.45, 2.75) is 58.6 Å². The van der Waals surface area contributed by atoms with Crippen LogP contribution in [0, 0.1) is 0 Å². The Bertz CT molecular complexity index is 697. The third kappa shape index (κ3) is 5.06. The zero-order valence-corrected chi connectivity index (χ0v) is 18.4. The highest BCUT2D eigenvalue weighted by Crippen LogP contribution is 2.35. The molecule has 0 aliphatic carbocycles. The molecule has 7 heteroatoms. The van der Waals surface area contributed by atoms with Gasteiger partial charge in [-0.25, -0.2) is 4.79 Å². The van der Waals surface area contributed by atoms with Crippen LogP contribution in [0.3, 0.4) is 0 Å². The minimum absolute atomic E-state index is 0.202. The summed E-state index contributed by atoms with van der Waals surface area (Å²) in [6.07, 6.45) is 2.51. The number of hydrogen-bond acceptors (Lipinski definition) is 5. The van der Waals surface area contributed by atoms with Crippen molar-refractivity contribution in [3.8, 4) is 0 Å². The predicted molar refractivity (Wildman–Crippen MR) is 112 cm³/mol. The van der Waals surface area contributed by atoms with Gasteiger partial charge in [-0.1, -0.05) is 6.92 Å². The number of nitrogens with zero attached hydrogens (tertiary/aromatic N) is 3. The number of hydrogen-bond donors (Lipinski definition) is 0. The second kappa shape index (κ2) is 8.82. The third-order valence-electron chi connectivity index (χ3n) is 5.40. The molecule has 1 atom stereocenters. The van der Waals surface area contributed by atoms with Gasteiger partial charge < -0.3 is 14.5 Å². The third-order valence-corrected chi connectivity index (χ3v) is 6.40. The quantitative estimate of drug-likeness (QED) is 0.769. The Morgan fingerprint density at radius 1 is 1.18 bits per heavy atom. The fourth-order valence-corrected chi connectivity index (χ4v) is 4.98. The minimum atomic E-state index is -0.483. The maximum absolute atomic E-state index is 13.1. The number of amides is 2. The van der Waals surface area contributed by atoms with Crippen molar-refractivity contribution in [1.29, 1.82) is 0 Å². The summed E-state index contributed by atoms with van der Waals surface area (Å²) in [7, 11) is 0. The molecule has 3 heterocycles.